The van der Waals surface area contributed by atoms with Crippen LogP contribution in [-0.2, 0) is 16.0 Å². The van der Waals surface area contributed by atoms with Crippen LogP contribution in [0.4, 0.5) is 5.82 Å². The van der Waals surface area contributed by atoms with Gasteiger partial charge in [0.1, 0.15) is 17.0 Å². The number of nitrogen functional groups attached to an aromatic ring is 1. The van der Waals surface area contributed by atoms with Crippen LogP contribution in [0.2, 0.25) is 0 Å². The summed E-state index contributed by atoms with van der Waals surface area (Å²) in [5, 5.41) is 4.13. The molecule has 0 bridgehead atoms. The molecule has 0 spiro atoms. The summed E-state index contributed by atoms with van der Waals surface area (Å²) >= 11 is 0. The Morgan fingerprint density at radius 2 is 1.96 bits per heavy atom. The van der Waals surface area contributed by atoms with Crippen LogP contribution in [0.5, 0.6) is 0 Å². The van der Waals surface area contributed by atoms with Crippen molar-refractivity contribution in [3.8, 4) is 0 Å². The van der Waals surface area contributed by atoms with E-state index in [4.69, 9.17) is 15.2 Å². The number of nitrogens with two attached hydrogens (primary N) is 1. The van der Waals surface area contributed by atoms with Crippen LogP contribution in [-0.4, -0.2) is 34.4 Å². The molecule has 1 heterocycles. The molecule has 2 N–H and O–H groups in total. The molecule has 7 nitrogen and oxygen atoms in total. The van der Waals surface area contributed by atoms with Gasteiger partial charge in [-0.1, -0.05) is 12.1 Å². The molecule has 1 aromatic heterocycles. The normalized spacial score (nSPS) is 11.2. The van der Waals surface area contributed by atoms with Gasteiger partial charge in [0.15, 0.2) is 0 Å². The highest BCUT2D eigenvalue weighted by Crippen LogP contribution is 2.18. The van der Waals surface area contributed by atoms with E-state index in [1.165, 1.54) is 18.0 Å². The third kappa shape index (κ3) is 4.13. The fourth-order valence-corrected chi connectivity index (χ4v) is 2.10. The van der Waals surface area contributed by atoms with Gasteiger partial charge in [-0.3, -0.25) is 0 Å². The van der Waals surface area contributed by atoms with Crippen molar-refractivity contribution in [2.45, 2.75) is 32.9 Å². The van der Waals surface area contributed by atoms with Gasteiger partial charge in [-0.2, -0.15) is 5.10 Å². The average Bonchev–Trinajstić information content (AvgIpc) is 2.86. The van der Waals surface area contributed by atoms with E-state index in [1.807, 2.05) is 6.07 Å². The van der Waals surface area contributed by atoms with Gasteiger partial charge in [-0.15, -0.1) is 0 Å². The fourth-order valence-electron chi connectivity index (χ4n) is 2.10. The Kier molecular flexibility index (Phi) is 4.92. The first-order valence-electron chi connectivity index (χ1n) is 7.43. The van der Waals surface area contributed by atoms with Crippen molar-refractivity contribution >= 4 is 17.8 Å². The molecule has 2 aromatic rings. The Balaban J connectivity index is 2.20. The number of ether oxygens (including phenoxy) is 2. The number of aromatic nitrogens is 2. The molecule has 0 aliphatic rings. The minimum absolute atomic E-state index is 0.215. The van der Waals surface area contributed by atoms with E-state index < -0.39 is 17.5 Å². The van der Waals surface area contributed by atoms with Crippen LogP contribution in [0.1, 0.15) is 47.1 Å². The predicted molar refractivity (Wildman–Crippen MR) is 88.7 cm³/mol. The lowest BCUT2D eigenvalue weighted by atomic mass is 10.1. The maximum Gasteiger partial charge on any atom is 0.344 e. The number of rotatable bonds is 4. The summed E-state index contributed by atoms with van der Waals surface area (Å²) < 4.78 is 11.5. The molecule has 0 saturated heterocycles. The molecular formula is C17H21N3O4. The summed E-state index contributed by atoms with van der Waals surface area (Å²) in [7, 11) is 1.33. The third-order valence-electron chi connectivity index (χ3n) is 3.18. The first-order chi connectivity index (χ1) is 11.2. The van der Waals surface area contributed by atoms with Crippen LogP contribution in [0.25, 0.3) is 0 Å². The minimum Gasteiger partial charge on any atom is -0.465 e. The second-order valence-electron chi connectivity index (χ2n) is 6.29. The standard InChI is InChI=1S/C17H21N3O4/c1-17(2,3)24-16(22)13-9-19-20(14(13)18)10-11-6-5-7-12(8-11)15(21)23-4/h5-9H,10,18H2,1-4H3. The van der Waals surface area contributed by atoms with Crippen molar-refractivity contribution in [2.24, 2.45) is 0 Å². The topological polar surface area (TPSA) is 96.4 Å². The lowest BCUT2D eigenvalue weighted by molar-refractivity contribution is 0.00705. The summed E-state index contributed by atoms with van der Waals surface area (Å²) in [5.41, 5.74) is 6.86. The van der Waals surface area contributed by atoms with Gasteiger partial charge >= 0.3 is 11.9 Å². The molecule has 0 aliphatic carbocycles. The van der Waals surface area contributed by atoms with Crippen LogP contribution in [0, 0.1) is 0 Å². The van der Waals surface area contributed by atoms with Gasteiger partial charge in [0.25, 0.3) is 0 Å². The number of anilines is 1. The minimum atomic E-state index is -0.611. The lowest BCUT2D eigenvalue weighted by Crippen LogP contribution is -2.24. The number of carbonyl (C=O) groups is 2. The van der Waals surface area contributed by atoms with Crippen molar-refractivity contribution in [3.05, 3.63) is 47.2 Å². The third-order valence-corrected chi connectivity index (χ3v) is 3.18. The van der Waals surface area contributed by atoms with E-state index in [-0.39, 0.29) is 11.4 Å². The molecule has 0 unspecified atom stereocenters. The Hall–Kier alpha value is -2.83. The Bertz CT molecular complexity index is 759. The lowest BCUT2D eigenvalue weighted by Gasteiger charge is -2.19. The van der Waals surface area contributed by atoms with E-state index in [0.29, 0.717) is 12.1 Å². The quantitative estimate of drug-likeness (QED) is 0.863. The van der Waals surface area contributed by atoms with Gasteiger partial charge < -0.3 is 15.2 Å². The van der Waals surface area contributed by atoms with Gasteiger partial charge in [0.2, 0.25) is 0 Å². The van der Waals surface area contributed by atoms with Gasteiger partial charge in [-0.05, 0) is 38.5 Å². The van der Waals surface area contributed by atoms with Gasteiger partial charge in [-0.25, -0.2) is 14.3 Å². The van der Waals surface area contributed by atoms with E-state index >= 15 is 0 Å². The second-order valence-corrected chi connectivity index (χ2v) is 6.29. The molecule has 128 valence electrons. The van der Waals surface area contributed by atoms with E-state index in [2.05, 4.69) is 5.10 Å². The highest BCUT2D eigenvalue weighted by Gasteiger charge is 2.22. The second kappa shape index (κ2) is 6.74. The number of benzene rings is 1. The molecule has 7 heteroatoms. The molecular weight excluding hydrogens is 310 g/mol. The average molecular weight is 331 g/mol. The maximum absolute atomic E-state index is 12.1. The molecule has 1 aromatic carbocycles. The maximum atomic E-state index is 12.1. The van der Waals surface area contributed by atoms with Crippen molar-refractivity contribution in [1.82, 2.24) is 9.78 Å². The van der Waals surface area contributed by atoms with Crippen LogP contribution >= 0.6 is 0 Å². The Labute approximate surface area is 140 Å². The number of hydrogen-bond acceptors (Lipinski definition) is 6. The zero-order valence-corrected chi connectivity index (χ0v) is 14.2. The Morgan fingerprint density at radius 1 is 1.25 bits per heavy atom. The zero-order valence-electron chi connectivity index (χ0n) is 14.2. The van der Waals surface area contributed by atoms with Crippen LogP contribution < -0.4 is 5.73 Å². The smallest absolute Gasteiger partial charge is 0.344 e. The highest BCUT2D eigenvalue weighted by molar-refractivity contribution is 5.94. The number of nitrogens with zero attached hydrogens (tertiary/aromatic N) is 2. The monoisotopic (exact) mass is 331 g/mol. The number of esters is 2. The summed E-state index contributed by atoms with van der Waals surface area (Å²) in [5.74, 6) is -0.720. The number of carbonyl (C=O) groups excluding carboxylic acids is 2. The van der Waals surface area contributed by atoms with Crippen LogP contribution in [0.15, 0.2) is 30.5 Å². The van der Waals surface area contributed by atoms with E-state index in [0.717, 1.165) is 5.56 Å². The summed E-state index contributed by atoms with van der Waals surface area (Å²) in [4.78, 5) is 23.7. The fraction of sp³-hybridized carbons (Fsp3) is 0.353. The molecule has 2 rings (SSSR count). The molecule has 24 heavy (non-hydrogen) atoms. The van der Waals surface area contributed by atoms with Crippen molar-refractivity contribution in [1.29, 1.82) is 0 Å². The molecule has 0 radical (unpaired) electrons. The van der Waals surface area contributed by atoms with E-state index in [1.54, 1.807) is 39.0 Å². The predicted octanol–water partition coefficient (Wildman–Crippen LogP) is 2.26. The van der Waals surface area contributed by atoms with Crippen molar-refractivity contribution < 1.29 is 19.1 Å². The van der Waals surface area contributed by atoms with Gasteiger partial charge in [0.05, 0.1) is 25.4 Å². The number of hydrogen-bond donors (Lipinski definition) is 1. The molecule has 0 fully saturated rings. The molecule has 0 aliphatic heterocycles. The first-order valence-corrected chi connectivity index (χ1v) is 7.43. The largest absolute Gasteiger partial charge is 0.465 e. The summed E-state index contributed by atoms with van der Waals surface area (Å²) in [6.07, 6.45) is 1.38. The summed E-state index contributed by atoms with van der Waals surface area (Å²) in [6.45, 7) is 5.66. The SMILES string of the molecule is COC(=O)c1cccc(Cn2ncc(C(=O)OC(C)(C)C)c2N)c1. The first kappa shape index (κ1) is 17.5. The highest BCUT2D eigenvalue weighted by atomic mass is 16.6. The van der Waals surface area contributed by atoms with Crippen molar-refractivity contribution in [3.63, 3.8) is 0 Å². The van der Waals surface area contributed by atoms with E-state index in [9.17, 15) is 9.59 Å². The molecule has 0 atom stereocenters. The number of methoxy groups -OCH3 is 1. The Morgan fingerprint density at radius 3 is 2.58 bits per heavy atom. The molecule has 0 amide bonds. The van der Waals surface area contributed by atoms with Gasteiger partial charge in [0, 0.05) is 0 Å². The van der Waals surface area contributed by atoms with Crippen LogP contribution in [0.3, 0.4) is 0 Å². The molecule has 0 saturated carbocycles. The summed E-state index contributed by atoms with van der Waals surface area (Å²) in [6, 6.07) is 6.94. The zero-order chi connectivity index (χ0) is 17.9. The van der Waals surface area contributed by atoms with Crippen molar-refractivity contribution in [2.75, 3.05) is 12.8 Å².